The minimum atomic E-state index is -0.820. The summed E-state index contributed by atoms with van der Waals surface area (Å²) in [5, 5.41) is 9.25. The minimum Gasteiger partial charge on any atom is -0.479 e. The van der Waals surface area contributed by atoms with Gasteiger partial charge in [0.1, 0.15) is 18.1 Å². The fourth-order valence-corrected chi connectivity index (χ4v) is 2.74. The highest BCUT2D eigenvalue weighted by molar-refractivity contribution is 5.99. The number of aromatic nitrogens is 2. The summed E-state index contributed by atoms with van der Waals surface area (Å²) in [6.07, 6.45) is -0.600. The first-order chi connectivity index (χ1) is 13.9. The molecule has 0 aliphatic carbocycles. The van der Waals surface area contributed by atoms with Gasteiger partial charge in [0.15, 0.2) is 6.10 Å². The van der Waals surface area contributed by atoms with Gasteiger partial charge < -0.3 is 19.8 Å². The third-order valence-electron chi connectivity index (χ3n) is 4.18. The Kier molecular flexibility index (Phi) is 4.59. The number of anilines is 2. The van der Waals surface area contributed by atoms with Crippen molar-refractivity contribution in [3.05, 3.63) is 58.8 Å². The van der Waals surface area contributed by atoms with Crippen LogP contribution >= 0.6 is 0 Å². The van der Waals surface area contributed by atoms with Gasteiger partial charge in [-0.2, -0.15) is 4.68 Å². The standard InChI is InChI=1S/C19H15FN4O5/c1-10-17(26)22-14-8-13(6-7-15(14)28-10)21-16(25)9-24-19(27)29-18(23-24)11-2-4-12(20)5-3-11/h2-8,10H,9H2,1H3,(H,21,25)(H,22,26)/t10-/m1/s1. The number of carbonyl (C=O) groups excluding carboxylic acids is 2. The predicted octanol–water partition coefficient (Wildman–Crippen LogP) is 2.00. The number of ether oxygens (including phenoxy) is 1. The van der Waals surface area contributed by atoms with Gasteiger partial charge in [0.2, 0.25) is 11.8 Å². The van der Waals surface area contributed by atoms with Crippen molar-refractivity contribution in [2.24, 2.45) is 0 Å². The second kappa shape index (κ2) is 7.23. The zero-order valence-electron chi connectivity index (χ0n) is 15.1. The Balaban J connectivity index is 1.47. The first-order valence-corrected chi connectivity index (χ1v) is 8.64. The van der Waals surface area contributed by atoms with E-state index in [1.807, 2.05) is 0 Å². The molecule has 4 rings (SSSR count). The Bertz CT molecular complexity index is 1150. The van der Waals surface area contributed by atoms with Gasteiger partial charge >= 0.3 is 5.76 Å². The van der Waals surface area contributed by atoms with Crippen LogP contribution in [0.25, 0.3) is 11.5 Å². The van der Waals surface area contributed by atoms with Crippen LogP contribution in [0.15, 0.2) is 51.7 Å². The average Bonchev–Trinajstić information content (AvgIpc) is 3.04. The first-order valence-electron chi connectivity index (χ1n) is 8.64. The van der Waals surface area contributed by atoms with Crippen molar-refractivity contribution in [3.63, 3.8) is 0 Å². The number of carbonyl (C=O) groups is 2. The molecule has 1 atom stereocenters. The number of benzene rings is 2. The molecule has 2 amide bonds. The van der Waals surface area contributed by atoms with E-state index in [4.69, 9.17) is 9.15 Å². The van der Waals surface area contributed by atoms with Crippen LogP contribution in [0, 0.1) is 5.82 Å². The molecule has 0 spiro atoms. The Labute approximate surface area is 163 Å². The van der Waals surface area contributed by atoms with E-state index in [9.17, 15) is 18.8 Å². The average molecular weight is 398 g/mol. The van der Waals surface area contributed by atoms with Crippen molar-refractivity contribution in [2.45, 2.75) is 19.6 Å². The highest BCUT2D eigenvalue weighted by Crippen LogP contribution is 2.32. The molecule has 29 heavy (non-hydrogen) atoms. The highest BCUT2D eigenvalue weighted by Gasteiger charge is 2.23. The van der Waals surface area contributed by atoms with Gasteiger partial charge in [0, 0.05) is 11.3 Å². The minimum absolute atomic E-state index is 0.0226. The maximum absolute atomic E-state index is 13.0. The number of nitrogens with one attached hydrogen (secondary N) is 2. The maximum Gasteiger partial charge on any atom is 0.437 e. The van der Waals surface area contributed by atoms with E-state index in [1.54, 1.807) is 25.1 Å². The van der Waals surface area contributed by atoms with Crippen LogP contribution in [0.4, 0.5) is 15.8 Å². The summed E-state index contributed by atoms with van der Waals surface area (Å²) in [6.45, 7) is 1.24. The van der Waals surface area contributed by atoms with Crippen molar-refractivity contribution in [1.82, 2.24) is 9.78 Å². The van der Waals surface area contributed by atoms with Crippen molar-refractivity contribution < 1.29 is 23.1 Å². The van der Waals surface area contributed by atoms with E-state index in [0.717, 1.165) is 4.68 Å². The summed E-state index contributed by atoms with van der Waals surface area (Å²) in [5.41, 5.74) is 1.24. The maximum atomic E-state index is 13.0. The zero-order chi connectivity index (χ0) is 20.5. The fraction of sp³-hybridized carbons (Fsp3) is 0.158. The zero-order valence-corrected chi connectivity index (χ0v) is 15.1. The van der Waals surface area contributed by atoms with Gasteiger partial charge in [-0.05, 0) is 49.4 Å². The van der Waals surface area contributed by atoms with Crippen LogP contribution < -0.4 is 21.1 Å². The van der Waals surface area contributed by atoms with E-state index in [0.29, 0.717) is 22.7 Å². The Morgan fingerprint density at radius 1 is 1.24 bits per heavy atom. The molecule has 0 bridgehead atoms. The summed E-state index contributed by atoms with van der Waals surface area (Å²) in [5.74, 6) is -1.60. The fourth-order valence-electron chi connectivity index (χ4n) is 2.74. The SMILES string of the molecule is C[C@H]1Oc2ccc(NC(=O)Cn3nc(-c4ccc(F)cc4)oc3=O)cc2NC1=O. The highest BCUT2D eigenvalue weighted by atomic mass is 19.1. The van der Waals surface area contributed by atoms with Crippen LogP contribution in [0.2, 0.25) is 0 Å². The molecule has 2 N–H and O–H groups in total. The third-order valence-corrected chi connectivity index (χ3v) is 4.18. The smallest absolute Gasteiger partial charge is 0.437 e. The molecule has 1 aliphatic rings. The van der Waals surface area contributed by atoms with Gasteiger partial charge in [0.05, 0.1) is 5.69 Å². The Morgan fingerprint density at radius 3 is 2.76 bits per heavy atom. The van der Waals surface area contributed by atoms with Crippen molar-refractivity contribution in [3.8, 4) is 17.2 Å². The van der Waals surface area contributed by atoms with Gasteiger partial charge in [-0.25, -0.2) is 9.18 Å². The first kappa shape index (κ1) is 18.4. The Hall–Kier alpha value is -3.95. The summed E-state index contributed by atoms with van der Waals surface area (Å²) in [7, 11) is 0. The van der Waals surface area contributed by atoms with Crippen molar-refractivity contribution in [2.75, 3.05) is 10.6 Å². The molecule has 0 unspecified atom stereocenters. The quantitative estimate of drug-likeness (QED) is 0.695. The number of fused-ring (bicyclic) bond motifs is 1. The van der Waals surface area contributed by atoms with Crippen LogP contribution in [-0.2, 0) is 16.1 Å². The lowest BCUT2D eigenvalue weighted by Gasteiger charge is -2.23. The number of amides is 2. The largest absolute Gasteiger partial charge is 0.479 e. The summed E-state index contributed by atoms with van der Waals surface area (Å²) in [4.78, 5) is 35.9. The second-order valence-corrected chi connectivity index (χ2v) is 6.35. The number of halogens is 1. The number of nitrogens with zero attached hydrogens (tertiary/aromatic N) is 2. The van der Waals surface area contributed by atoms with Crippen LogP contribution in [0.3, 0.4) is 0 Å². The van der Waals surface area contributed by atoms with Gasteiger partial charge in [-0.1, -0.05) is 0 Å². The van der Waals surface area contributed by atoms with E-state index in [-0.39, 0.29) is 18.3 Å². The molecule has 10 heteroatoms. The topological polar surface area (TPSA) is 115 Å². The number of hydrogen-bond donors (Lipinski definition) is 2. The second-order valence-electron chi connectivity index (χ2n) is 6.35. The summed E-state index contributed by atoms with van der Waals surface area (Å²) in [6, 6.07) is 10.0. The van der Waals surface area contributed by atoms with Crippen molar-refractivity contribution in [1.29, 1.82) is 0 Å². The molecule has 0 fully saturated rings. The third kappa shape index (κ3) is 3.86. The molecule has 2 aromatic carbocycles. The van der Waals surface area contributed by atoms with Crippen LogP contribution in [0.1, 0.15) is 6.92 Å². The lowest BCUT2D eigenvalue weighted by molar-refractivity contribution is -0.122. The normalized spacial score (nSPS) is 15.2. The number of rotatable bonds is 4. The van der Waals surface area contributed by atoms with E-state index in [2.05, 4.69) is 15.7 Å². The lowest BCUT2D eigenvalue weighted by atomic mass is 10.2. The van der Waals surface area contributed by atoms with Gasteiger partial charge in [0.25, 0.3) is 5.91 Å². The Morgan fingerprint density at radius 2 is 2.00 bits per heavy atom. The van der Waals surface area contributed by atoms with E-state index >= 15 is 0 Å². The lowest BCUT2D eigenvalue weighted by Crippen LogP contribution is -2.34. The summed E-state index contributed by atoms with van der Waals surface area (Å²) >= 11 is 0. The molecule has 1 aromatic heterocycles. The molecule has 3 aromatic rings. The van der Waals surface area contributed by atoms with Crippen LogP contribution in [-0.4, -0.2) is 27.7 Å². The van der Waals surface area contributed by atoms with E-state index < -0.39 is 23.6 Å². The molecular formula is C19H15FN4O5. The molecule has 0 saturated carbocycles. The summed E-state index contributed by atoms with van der Waals surface area (Å²) < 4.78 is 24.3. The molecular weight excluding hydrogens is 383 g/mol. The van der Waals surface area contributed by atoms with Crippen LogP contribution in [0.5, 0.6) is 5.75 Å². The van der Waals surface area contributed by atoms with Gasteiger partial charge in [-0.15, -0.1) is 5.10 Å². The molecule has 0 saturated heterocycles. The molecule has 2 heterocycles. The van der Waals surface area contributed by atoms with Crippen molar-refractivity contribution >= 4 is 23.2 Å². The molecule has 148 valence electrons. The number of hydrogen-bond acceptors (Lipinski definition) is 6. The monoisotopic (exact) mass is 398 g/mol. The molecule has 1 aliphatic heterocycles. The molecule has 0 radical (unpaired) electrons. The molecule has 9 nitrogen and oxygen atoms in total. The van der Waals surface area contributed by atoms with E-state index in [1.165, 1.54) is 24.3 Å². The predicted molar refractivity (Wildman–Crippen MR) is 99.9 cm³/mol. The van der Waals surface area contributed by atoms with Gasteiger partial charge in [-0.3, -0.25) is 9.59 Å².